The van der Waals surface area contributed by atoms with Crippen molar-refractivity contribution < 1.29 is 13.6 Å². The maximum absolute atomic E-state index is 13.9. The van der Waals surface area contributed by atoms with Crippen molar-refractivity contribution in [2.75, 3.05) is 10.6 Å². The Morgan fingerprint density at radius 1 is 1.11 bits per heavy atom. The molecule has 27 heavy (non-hydrogen) atoms. The first-order valence-electron chi connectivity index (χ1n) is 8.01. The second kappa shape index (κ2) is 6.75. The van der Waals surface area contributed by atoms with Crippen LogP contribution in [0.1, 0.15) is 10.4 Å². The van der Waals surface area contributed by atoms with Gasteiger partial charge in [0.15, 0.2) is 5.58 Å². The molecule has 0 fully saturated rings. The number of hydrogen-bond donors (Lipinski definition) is 3. The number of fused-ring (bicyclic) bond motifs is 1. The lowest BCUT2D eigenvalue weighted by molar-refractivity contribution is 0.102. The first-order chi connectivity index (χ1) is 13.1. The molecule has 0 atom stereocenters. The maximum atomic E-state index is 13.9. The Labute approximate surface area is 151 Å². The van der Waals surface area contributed by atoms with Gasteiger partial charge in [-0.3, -0.25) is 9.78 Å². The highest BCUT2D eigenvalue weighted by molar-refractivity contribution is 6.08. The molecule has 0 saturated heterocycles. The van der Waals surface area contributed by atoms with Crippen LogP contribution in [0.3, 0.4) is 0 Å². The van der Waals surface area contributed by atoms with E-state index in [2.05, 4.69) is 20.6 Å². The topological polar surface area (TPSA) is 100 Å². The van der Waals surface area contributed by atoms with Crippen molar-refractivity contribution in [3.63, 3.8) is 0 Å². The largest absolute Gasteiger partial charge is 0.417 e. The lowest BCUT2D eigenvalue weighted by Crippen LogP contribution is -2.14. The van der Waals surface area contributed by atoms with Crippen molar-refractivity contribution in [1.29, 1.82) is 0 Å². The molecule has 7 nitrogen and oxygen atoms in total. The van der Waals surface area contributed by atoms with Gasteiger partial charge in [0, 0.05) is 11.9 Å². The van der Waals surface area contributed by atoms with E-state index in [-0.39, 0.29) is 17.1 Å². The number of benzene rings is 2. The fourth-order valence-electron chi connectivity index (χ4n) is 2.61. The summed E-state index contributed by atoms with van der Waals surface area (Å²) in [4.78, 5) is 30.6. The van der Waals surface area contributed by atoms with Crippen LogP contribution in [-0.4, -0.2) is 15.9 Å². The van der Waals surface area contributed by atoms with Crippen LogP contribution in [0.15, 0.2) is 70.0 Å². The summed E-state index contributed by atoms with van der Waals surface area (Å²) >= 11 is 0. The predicted octanol–water partition coefficient (Wildman–Crippen LogP) is 3.65. The van der Waals surface area contributed by atoms with Gasteiger partial charge in [-0.2, -0.15) is 0 Å². The van der Waals surface area contributed by atoms with E-state index in [0.29, 0.717) is 16.8 Å². The summed E-state index contributed by atoms with van der Waals surface area (Å²) in [5.41, 5.74) is 1.77. The Bertz CT molecular complexity index is 1200. The van der Waals surface area contributed by atoms with Crippen LogP contribution in [0.25, 0.3) is 11.1 Å². The summed E-state index contributed by atoms with van der Waals surface area (Å²) < 4.78 is 18.8. The summed E-state index contributed by atoms with van der Waals surface area (Å²) in [7, 11) is 0. The maximum Gasteiger partial charge on any atom is 0.417 e. The van der Waals surface area contributed by atoms with E-state index >= 15 is 0 Å². The fraction of sp³-hybridized carbons (Fsp3) is 0. The normalized spacial score (nSPS) is 10.7. The number of rotatable bonds is 4. The van der Waals surface area contributed by atoms with Gasteiger partial charge in [0.1, 0.15) is 11.6 Å². The molecule has 4 rings (SSSR count). The number of carbonyl (C=O) groups excluding carboxylic acids is 1. The van der Waals surface area contributed by atoms with Crippen LogP contribution < -0.4 is 16.4 Å². The van der Waals surface area contributed by atoms with Crippen molar-refractivity contribution in [3.05, 3.63) is 82.7 Å². The molecule has 2 aromatic heterocycles. The zero-order valence-electron chi connectivity index (χ0n) is 13.8. The molecule has 8 heteroatoms. The number of nitrogens with one attached hydrogen (secondary N) is 3. The molecule has 0 saturated carbocycles. The SMILES string of the molecule is O=C(Nc1ccc2oc(=O)[nH]c2c1)c1cccnc1Nc1ccccc1F. The van der Waals surface area contributed by atoms with E-state index in [1.165, 1.54) is 12.3 Å². The number of H-pyrrole nitrogens is 1. The van der Waals surface area contributed by atoms with E-state index in [4.69, 9.17) is 4.42 Å². The van der Waals surface area contributed by atoms with Crippen molar-refractivity contribution >= 4 is 34.2 Å². The zero-order valence-corrected chi connectivity index (χ0v) is 13.8. The Morgan fingerprint density at radius 2 is 1.96 bits per heavy atom. The van der Waals surface area contributed by atoms with Crippen LogP contribution in [0.4, 0.5) is 21.6 Å². The van der Waals surface area contributed by atoms with Crippen LogP contribution in [0.5, 0.6) is 0 Å². The minimum absolute atomic E-state index is 0.211. The van der Waals surface area contributed by atoms with Crippen molar-refractivity contribution in [2.24, 2.45) is 0 Å². The Kier molecular flexibility index (Phi) is 4.13. The molecule has 1 amide bonds. The van der Waals surface area contributed by atoms with Gasteiger partial charge >= 0.3 is 5.76 Å². The van der Waals surface area contributed by atoms with Crippen LogP contribution >= 0.6 is 0 Å². The second-order valence-corrected chi connectivity index (χ2v) is 5.68. The molecule has 0 spiro atoms. The summed E-state index contributed by atoms with van der Waals surface area (Å²) in [5, 5.41) is 5.56. The number of halogens is 1. The van der Waals surface area contributed by atoms with Gasteiger partial charge in [-0.25, -0.2) is 14.2 Å². The summed E-state index contributed by atoms with van der Waals surface area (Å²) in [5.74, 6) is -1.24. The van der Waals surface area contributed by atoms with Gasteiger partial charge in [0.25, 0.3) is 5.91 Å². The number of amides is 1. The first kappa shape index (κ1) is 16.5. The quantitative estimate of drug-likeness (QED) is 0.513. The molecule has 0 aliphatic rings. The standard InChI is InChI=1S/C19H13FN4O3/c20-13-5-1-2-6-14(13)23-17-12(4-3-9-21-17)18(25)22-11-7-8-16-15(10-11)24-19(26)27-16/h1-10H,(H,21,23)(H,22,25)(H,24,26). The van der Waals surface area contributed by atoms with Gasteiger partial charge in [-0.05, 0) is 42.5 Å². The number of anilines is 3. The van der Waals surface area contributed by atoms with E-state index in [1.54, 1.807) is 48.5 Å². The minimum atomic E-state index is -0.572. The molecule has 0 aliphatic carbocycles. The zero-order chi connectivity index (χ0) is 18.8. The summed E-state index contributed by atoms with van der Waals surface area (Å²) in [6.45, 7) is 0. The van der Waals surface area contributed by atoms with E-state index < -0.39 is 17.5 Å². The molecule has 4 aromatic rings. The number of para-hydroxylation sites is 1. The number of aromatic nitrogens is 2. The Hall–Kier alpha value is -3.94. The highest BCUT2D eigenvalue weighted by Crippen LogP contribution is 2.22. The number of hydrogen-bond acceptors (Lipinski definition) is 5. The number of pyridine rings is 1. The molecule has 2 aromatic carbocycles. The molecular formula is C19H13FN4O3. The molecule has 0 aliphatic heterocycles. The third-order valence-electron chi connectivity index (χ3n) is 3.86. The average Bonchev–Trinajstić information content (AvgIpc) is 3.03. The fourth-order valence-corrected chi connectivity index (χ4v) is 2.61. The molecule has 134 valence electrons. The van der Waals surface area contributed by atoms with Crippen LogP contribution in [0, 0.1) is 5.82 Å². The number of carbonyl (C=O) groups is 1. The molecule has 0 bridgehead atoms. The van der Waals surface area contributed by atoms with E-state index in [1.807, 2.05) is 0 Å². The van der Waals surface area contributed by atoms with Crippen molar-refractivity contribution in [1.82, 2.24) is 9.97 Å². The average molecular weight is 364 g/mol. The lowest BCUT2D eigenvalue weighted by Gasteiger charge is -2.11. The monoisotopic (exact) mass is 364 g/mol. The minimum Gasteiger partial charge on any atom is -0.408 e. The predicted molar refractivity (Wildman–Crippen MR) is 98.7 cm³/mol. The van der Waals surface area contributed by atoms with Gasteiger partial charge < -0.3 is 15.1 Å². The third kappa shape index (κ3) is 3.40. The van der Waals surface area contributed by atoms with Crippen molar-refractivity contribution in [3.8, 4) is 0 Å². The number of nitrogens with zero attached hydrogens (tertiary/aromatic N) is 1. The molecule has 2 heterocycles. The van der Waals surface area contributed by atoms with E-state index in [0.717, 1.165) is 0 Å². The Morgan fingerprint density at radius 3 is 2.81 bits per heavy atom. The lowest BCUT2D eigenvalue weighted by atomic mass is 10.2. The first-order valence-corrected chi connectivity index (χ1v) is 8.01. The third-order valence-corrected chi connectivity index (χ3v) is 3.86. The Balaban J connectivity index is 1.61. The summed E-state index contributed by atoms with van der Waals surface area (Å²) in [6.07, 6.45) is 1.50. The van der Waals surface area contributed by atoms with E-state index in [9.17, 15) is 14.0 Å². The van der Waals surface area contributed by atoms with Gasteiger partial charge in [0.2, 0.25) is 0 Å². The van der Waals surface area contributed by atoms with Crippen LogP contribution in [0.2, 0.25) is 0 Å². The highest BCUT2D eigenvalue weighted by atomic mass is 19.1. The molecule has 0 radical (unpaired) electrons. The second-order valence-electron chi connectivity index (χ2n) is 5.68. The van der Waals surface area contributed by atoms with Crippen LogP contribution in [-0.2, 0) is 0 Å². The molecule has 3 N–H and O–H groups in total. The molecular weight excluding hydrogens is 351 g/mol. The number of aromatic amines is 1. The van der Waals surface area contributed by atoms with Gasteiger partial charge in [0.05, 0.1) is 16.8 Å². The van der Waals surface area contributed by atoms with Crippen molar-refractivity contribution in [2.45, 2.75) is 0 Å². The number of oxazole rings is 1. The highest BCUT2D eigenvalue weighted by Gasteiger charge is 2.14. The smallest absolute Gasteiger partial charge is 0.408 e. The van der Waals surface area contributed by atoms with Gasteiger partial charge in [-0.1, -0.05) is 12.1 Å². The van der Waals surface area contributed by atoms with Gasteiger partial charge in [-0.15, -0.1) is 0 Å². The summed E-state index contributed by atoms with van der Waals surface area (Å²) in [6, 6.07) is 14.1. The molecule has 0 unspecified atom stereocenters.